The molecule has 1 aliphatic heterocycles. The van der Waals surface area contributed by atoms with Gasteiger partial charge in [0.1, 0.15) is 5.82 Å². The summed E-state index contributed by atoms with van der Waals surface area (Å²) in [6.07, 6.45) is 6.08. The highest BCUT2D eigenvalue weighted by atomic mass is 16.2. The van der Waals surface area contributed by atoms with Crippen molar-refractivity contribution in [2.45, 2.75) is 13.3 Å². The van der Waals surface area contributed by atoms with Crippen molar-refractivity contribution < 1.29 is 4.79 Å². The van der Waals surface area contributed by atoms with E-state index in [9.17, 15) is 4.79 Å². The third-order valence-corrected chi connectivity index (χ3v) is 5.07. The SMILES string of the molecule is CCc1ccccc1Nc1cc(C(=O)N2CCN(c3ncccn3)CC2)ccn1. The van der Waals surface area contributed by atoms with Gasteiger partial charge in [0.05, 0.1) is 0 Å². The molecule has 0 radical (unpaired) electrons. The maximum Gasteiger partial charge on any atom is 0.254 e. The summed E-state index contributed by atoms with van der Waals surface area (Å²) in [6, 6.07) is 13.5. The molecule has 0 bridgehead atoms. The second-order valence-corrected chi connectivity index (χ2v) is 6.89. The van der Waals surface area contributed by atoms with Crippen molar-refractivity contribution in [1.29, 1.82) is 0 Å². The van der Waals surface area contributed by atoms with Crippen molar-refractivity contribution in [3.8, 4) is 0 Å². The number of piperazine rings is 1. The van der Waals surface area contributed by atoms with Crippen molar-refractivity contribution in [2.24, 2.45) is 0 Å². The van der Waals surface area contributed by atoms with E-state index >= 15 is 0 Å². The van der Waals surface area contributed by atoms with E-state index in [4.69, 9.17) is 0 Å². The number of hydrogen-bond donors (Lipinski definition) is 1. The maximum absolute atomic E-state index is 13.0. The summed E-state index contributed by atoms with van der Waals surface area (Å²) >= 11 is 0. The molecule has 7 nitrogen and oxygen atoms in total. The van der Waals surface area contributed by atoms with Gasteiger partial charge in [-0.15, -0.1) is 0 Å². The Bertz CT molecular complexity index is 970. The van der Waals surface area contributed by atoms with Crippen LogP contribution in [0.2, 0.25) is 0 Å². The summed E-state index contributed by atoms with van der Waals surface area (Å²) in [5.74, 6) is 1.41. The Morgan fingerprint density at radius 3 is 2.48 bits per heavy atom. The average molecular weight is 388 g/mol. The molecule has 0 unspecified atom stereocenters. The molecule has 3 aromatic rings. The number of carbonyl (C=O) groups is 1. The van der Waals surface area contributed by atoms with Crippen LogP contribution in [-0.2, 0) is 6.42 Å². The number of pyridine rings is 1. The van der Waals surface area contributed by atoms with Gasteiger partial charge in [-0.3, -0.25) is 4.79 Å². The molecule has 4 rings (SSSR count). The van der Waals surface area contributed by atoms with Crippen LogP contribution < -0.4 is 10.2 Å². The predicted molar refractivity (Wildman–Crippen MR) is 113 cm³/mol. The lowest BCUT2D eigenvalue weighted by Gasteiger charge is -2.34. The molecule has 0 aliphatic carbocycles. The number of nitrogens with one attached hydrogen (secondary N) is 1. The first-order valence-corrected chi connectivity index (χ1v) is 9.87. The van der Waals surface area contributed by atoms with Crippen LogP contribution in [0.25, 0.3) is 0 Å². The van der Waals surface area contributed by atoms with Gasteiger partial charge in [-0.25, -0.2) is 15.0 Å². The molecular weight excluding hydrogens is 364 g/mol. The number of aryl methyl sites for hydroxylation is 1. The van der Waals surface area contributed by atoms with E-state index in [-0.39, 0.29) is 5.91 Å². The minimum atomic E-state index is 0.0212. The van der Waals surface area contributed by atoms with E-state index in [2.05, 4.69) is 38.2 Å². The third kappa shape index (κ3) is 4.34. The zero-order chi connectivity index (χ0) is 20.1. The van der Waals surface area contributed by atoms with Gasteiger partial charge in [0.2, 0.25) is 5.95 Å². The number of hydrogen-bond acceptors (Lipinski definition) is 6. The highest BCUT2D eigenvalue weighted by molar-refractivity contribution is 5.95. The lowest BCUT2D eigenvalue weighted by molar-refractivity contribution is 0.0746. The minimum Gasteiger partial charge on any atom is -0.340 e. The fourth-order valence-electron chi connectivity index (χ4n) is 3.47. The Labute approximate surface area is 170 Å². The number of amides is 1. The first-order chi connectivity index (χ1) is 14.2. The van der Waals surface area contributed by atoms with Crippen molar-refractivity contribution in [1.82, 2.24) is 19.9 Å². The molecule has 1 aliphatic rings. The molecule has 7 heteroatoms. The molecule has 1 saturated heterocycles. The quantitative estimate of drug-likeness (QED) is 0.724. The van der Waals surface area contributed by atoms with Crippen molar-refractivity contribution in [3.05, 3.63) is 72.2 Å². The van der Waals surface area contributed by atoms with Crippen LogP contribution in [0.4, 0.5) is 17.5 Å². The number of nitrogens with zero attached hydrogens (tertiary/aromatic N) is 5. The Kier molecular flexibility index (Phi) is 5.65. The van der Waals surface area contributed by atoms with Gasteiger partial charge in [-0.1, -0.05) is 25.1 Å². The molecule has 0 atom stereocenters. The number of benzene rings is 1. The first kappa shape index (κ1) is 18.9. The molecule has 1 aromatic carbocycles. The minimum absolute atomic E-state index is 0.0212. The number of anilines is 3. The summed E-state index contributed by atoms with van der Waals surface area (Å²) in [4.78, 5) is 29.9. The number of aromatic nitrogens is 3. The van der Waals surface area contributed by atoms with Crippen molar-refractivity contribution in [3.63, 3.8) is 0 Å². The highest BCUT2D eigenvalue weighted by Crippen LogP contribution is 2.21. The van der Waals surface area contributed by atoms with Gasteiger partial charge >= 0.3 is 0 Å². The molecular formula is C22H24N6O. The van der Waals surface area contributed by atoms with Crippen LogP contribution in [0.1, 0.15) is 22.8 Å². The largest absolute Gasteiger partial charge is 0.340 e. The monoisotopic (exact) mass is 388 g/mol. The Hall–Kier alpha value is -3.48. The molecule has 1 N–H and O–H groups in total. The van der Waals surface area contributed by atoms with Gasteiger partial charge < -0.3 is 15.1 Å². The summed E-state index contributed by atoms with van der Waals surface area (Å²) in [5, 5.41) is 3.34. The van der Waals surface area contributed by atoms with Crippen LogP contribution in [-0.4, -0.2) is 51.9 Å². The maximum atomic E-state index is 13.0. The number of para-hydroxylation sites is 1. The van der Waals surface area contributed by atoms with E-state index in [0.29, 0.717) is 30.4 Å². The van der Waals surface area contributed by atoms with E-state index < -0.39 is 0 Å². The number of carbonyl (C=O) groups excluding carboxylic acids is 1. The van der Waals surface area contributed by atoms with Crippen LogP contribution in [0.3, 0.4) is 0 Å². The van der Waals surface area contributed by atoms with E-state index in [1.54, 1.807) is 30.7 Å². The first-order valence-electron chi connectivity index (χ1n) is 9.87. The normalized spacial score (nSPS) is 14.0. The third-order valence-electron chi connectivity index (χ3n) is 5.07. The summed E-state index contributed by atoms with van der Waals surface area (Å²) in [7, 11) is 0. The Balaban J connectivity index is 1.43. The number of rotatable bonds is 5. The highest BCUT2D eigenvalue weighted by Gasteiger charge is 2.23. The van der Waals surface area contributed by atoms with Gasteiger partial charge in [0.25, 0.3) is 5.91 Å². The van der Waals surface area contributed by atoms with Crippen molar-refractivity contribution >= 4 is 23.4 Å². The van der Waals surface area contributed by atoms with Gasteiger partial charge in [-0.05, 0) is 36.2 Å². The summed E-state index contributed by atoms with van der Waals surface area (Å²) < 4.78 is 0. The average Bonchev–Trinajstić information content (AvgIpc) is 2.80. The fraction of sp³-hybridized carbons (Fsp3) is 0.273. The van der Waals surface area contributed by atoms with Crippen LogP contribution in [0.5, 0.6) is 0 Å². The van der Waals surface area contributed by atoms with E-state index in [1.807, 2.05) is 29.2 Å². The van der Waals surface area contributed by atoms with E-state index in [1.165, 1.54) is 5.56 Å². The zero-order valence-corrected chi connectivity index (χ0v) is 16.5. The lowest BCUT2D eigenvalue weighted by atomic mass is 10.1. The molecule has 0 spiro atoms. The second kappa shape index (κ2) is 8.68. The fourth-order valence-corrected chi connectivity index (χ4v) is 3.47. The molecule has 0 saturated carbocycles. The standard InChI is InChI=1S/C22H24N6O/c1-2-17-6-3-4-7-19(17)26-20-16-18(8-11-23-20)21(29)27-12-14-28(15-13-27)22-24-9-5-10-25-22/h3-11,16H,2,12-15H2,1H3,(H,23,26). The van der Waals surface area contributed by atoms with Crippen molar-refractivity contribution in [2.75, 3.05) is 36.4 Å². The predicted octanol–water partition coefficient (Wildman–Crippen LogP) is 3.14. The van der Waals surface area contributed by atoms with Crippen LogP contribution >= 0.6 is 0 Å². The summed E-state index contributed by atoms with van der Waals surface area (Å²) in [5.41, 5.74) is 2.87. The molecule has 148 valence electrons. The van der Waals surface area contributed by atoms with Gasteiger partial charge in [0, 0.05) is 56.0 Å². The molecule has 29 heavy (non-hydrogen) atoms. The lowest BCUT2D eigenvalue weighted by Crippen LogP contribution is -2.49. The Morgan fingerprint density at radius 2 is 1.72 bits per heavy atom. The Morgan fingerprint density at radius 1 is 0.966 bits per heavy atom. The molecule has 2 aromatic heterocycles. The molecule has 3 heterocycles. The molecule has 1 amide bonds. The summed E-state index contributed by atoms with van der Waals surface area (Å²) in [6.45, 7) is 4.83. The topological polar surface area (TPSA) is 74.2 Å². The zero-order valence-electron chi connectivity index (χ0n) is 16.5. The molecule has 1 fully saturated rings. The van der Waals surface area contributed by atoms with Crippen LogP contribution in [0, 0.1) is 0 Å². The van der Waals surface area contributed by atoms with E-state index in [0.717, 1.165) is 25.2 Å². The smallest absolute Gasteiger partial charge is 0.254 e. The van der Waals surface area contributed by atoms with Gasteiger partial charge in [-0.2, -0.15) is 0 Å². The second-order valence-electron chi connectivity index (χ2n) is 6.89. The van der Waals surface area contributed by atoms with Gasteiger partial charge in [0.15, 0.2) is 0 Å². The van der Waals surface area contributed by atoms with Crippen LogP contribution in [0.15, 0.2) is 61.1 Å².